The normalized spacial score (nSPS) is 34.3. The molecule has 1 saturated heterocycles. The Morgan fingerprint density at radius 2 is 2.36 bits per heavy atom. The van der Waals surface area contributed by atoms with Gasteiger partial charge in [0.25, 0.3) is 0 Å². The summed E-state index contributed by atoms with van der Waals surface area (Å²) in [6, 6.07) is 5.64. The van der Waals surface area contributed by atoms with Crippen molar-refractivity contribution in [3.63, 3.8) is 0 Å². The molecular weight excluding hydrogens is 177 g/mol. The molecule has 1 saturated carbocycles. The van der Waals surface area contributed by atoms with E-state index in [1.807, 2.05) is 19.1 Å². The van der Waals surface area contributed by atoms with Gasteiger partial charge < -0.3 is 5.32 Å². The van der Waals surface area contributed by atoms with Crippen LogP contribution in [0.4, 0.5) is 4.39 Å². The maximum Gasteiger partial charge on any atom is 0.127 e. The monoisotopic (exact) mass is 191 g/mol. The molecular formula is C12H14FN. The van der Waals surface area contributed by atoms with Gasteiger partial charge in [0.05, 0.1) is 0 Å². The van der Waals surface area contributed by atoms with Gasteiger partial charge >= 0.3 is 0 Å². The molecule has 2 aliphatic rings. The van der Waals surface area contributed by atoms with E-state index >= 15 is 0 Å². The number of hydrogen-bond acceptors (Lipinski definition) is 1. The second-order valence-electron chi connectivity index (χ2n) is 4.67. The number of hydrogen-bond donors (Lipinski definition) is 1. The Labute approximate surface area is 83.3 Å². The molecule has 0 amide bonds. The van der Waals surface area contributed by atoms with Crippen LogP contribution in [-0.4, -0.2) is 13.1 Å². The average molecular weight is 191 g/mol. The molecule has 3 rings (SSSR count). The van der Waals surface area contributed by atoms with Crippen LogP contribution in [0, 0.1) is 18.7 Å². The van der Waals surface area contributed by atoms with Crippen LogP contribution in [-0.2, 0) is 5.41 Å². The predicted molar refractivity (Wildman–Crippen MR) is 53.8 cm³/mol. The third kappa shape index (κ3) is 0.976. The first-order valence-electron chi connectivity index (χ1n) is 5.20. The molecule has 2 atom stereocenters. The Morgan fingerprint density at radius 1 is 1.50 bits per heavy atom. The van der Waals surface area contributed by atoms with Gasteiger partial charge in [-0.2, -0.15) is 0 Å². The van der Waals surface area contributed by atoms with E-state index in [-0.39, 0.29) is 11.2 Å². The molecule has 1 N–H and O–H groups in total. The third-order valence-electron chi connectivity index (χ3n) is 3.72. The maximum absolute atomic E-state index is 13.7. The maximum atomic E-state index is 13.7. The van der Waals surface area contributed by atoms with Crippen LogP contribution in [0.25, 0.3) is 0 Å². The minimum atomic E-state index is -0.0174. The summed E-state index contributed by atoms with van der Waals surface area (Å²) in [5, 5.41) is 3.34. The van der Waals surface area contributed by atoms with Crippen LogP contribution in [0.15, 0.2) is 18.2 Å². The molecule has 0 unspecified atom stereocenters. The Morgan fingerprint density at radius 3 is 2.93 bits per heavy atom. The third-order valence-corrected chi connectivity index (χ3v) is 3.72. The smallest absolute Gasteiger partial charge is 0.127 e. The molecule has 1 heterocycles. The van der Waals surface area contributed by atoms with Crippen molar-refractivity contribution in [3.8, 4) is 0 Å². The average Bonchev–Trinajstić information content (AvgIpc) is 2.69. The van der Waals surface area contributed by atoms with Crippen molar-refractivity contribution in [2.24, 2.45) is 5.92 Å². The Balaban J connectivity index is 2.05. The van der Waals surface area contributed by atoms with Gasteiger partial charge in [0, 0.05) is 12.0 Å². The van der Waals surface area contributed by atoms with Gasteiger partial charge in [0.15, 0.2) is 0 Å². The predicted octanol–water partition coefficient (Wildman–Crippen LogP) is 2.00. The summed E-state index contributed by atoms with van der Waals surface area (Å²) in [5.74, 6) is 0.663. The zero-order valence-electron chi connectivity index (χ0n) is 8.31. The van der Waals surface area contributed by atoms with E-state index in [4.69, 9.17) is 0 Å². The number of halogens is 1. The summed E-state index contributed by atoms with van der Waals surface area (Å²) in [5.41, 5.74) is 2.08. The van der Waals surface area contributed by atoms with Crippen LogP contribution in [0.3, 0.4) is 0 Å². The number of fused-ring (bicyclic) bond motifs is 1. The van der Waals surface area contributed by atoms with Gasteiger partial charge in [0.1, 0.15) is 5.82 Å². The van der Waals surface area contributed by atoms with E-state index < -0.39 is 0 Å². The fourth-order valence-corrected chi connectivity index (χ4v) is 2.78. The van der Waals surface area contributed by atoms with E-state index in [9.17, 15) is 4.39 Å². The van der Waals surface area contributed by atoms with Gasteiger partial charge in [-0.1, -0.05) is 12.1 Å². The summed E-state index contributed by atoms with van der Waals surface area (Å²) in [6.45, 7) is 3.95. The second kappa shape index (κ2) is 2.57. The van der Waals surface area contributed by atoms with Crippen molar-refractivity contribution in [3.05, 3.63) is 35.1 Å². The molecule has 74 valence electrons. The number of piperidine rings is 1. The van der Waals surface area contributed by atoms with Crippen molar-refractivity contribution < 1.29 is 4.39 Å². The SMILES string of the molecule is Cc1ccc([C@@]23CNC[C@@H]2C3)c(F)c1. The lowest BCUT2D eigenvalue weighted by molar-refractivity contribution is 0.568. The molecule has 0 aromatic heterocycles. The molecule has 0 radical (unpaired) electrons. The number of aryl methyl sites for hydroxylation is 1. The summed E-state index contributed by atoms with van der Waals surface area (Å²) in [4.78, 5) is 0. The number of rotatable bonds is 1. The van der Waals surface area contributed by atoms with Crippen molar-refractivity contribution in [2.45, 2.75) is 18.8 Å². The highest BCUT2D eigenvalue weighted by molar-refractivity contribution is 5.39. The van der Waals surface area contributed by atoms with Crippen molar-refractivity contribution in [2.75, 3.05) is 13.1 Å². The molecule has 0 spiro atoms. The molecule has 2 fully saturated rings. The lowest BCUT2D eigenvalue weighted by atomic mass is 9.94. The van der Waals surface area contributed by atoms with Crippen LogP contribution in [0.1, 0.15) is 17.5 Å². The molecule has 2 heteroatoms. The first kappa shape index (κ1) is 8.42. The summed E-state index contributed by atoms with van der Waals surface area (Å²) < 4.78 is 13.7. The number of benzene rings is 1. The molecule has 1 aliphatic heterocycles. The van der Waals surface area contributed by atoms with Gasteiger partial charge in [-0.3, -0.25) is 0 Å². The lowest BCUT2D eigenvalue weighted by Gasteiger charge is -2.13. The zero-order valence-corrected chi connectivity index (χ0v) is 8.31. The van der Waals surface area contributed by atoms with E-state index in [2.05, 4.69) is 5.32 Å². The topological polar surface area (TPSA) is 12.0 Å². The highest BCUT2D eigenvalue weighted by atomic mass is 19.1. The lowest BCUT2D eigenvalue weighted by Crippen LogP contribution is -2.20. The Hall–Kier alpha value is -0.890. The summed E-state index contributed by atoms with van der Waals surface area (Å²) >= 11 is 0. The molecule has 1 nitrogen and oxygen atoms in total. The van der Waals surface area contributed by atoms with E-state index in [1.165, 1.54) is 6.42 Å². The highest BCUT2D eigenvalue weighted by Crippen LogP contribution is 2.56. The van der Waals surface area contributed by atoms with Gasteiger partial charge in [-0.05, 0) is 43.0 Å². The van der Waals surface area contributed by atoms with Crippen molar-refractivity contribution in [1.82, 2.24) is 5.32 Å². The van der Waals surface area contributed by atoms with Crippen molar-refractivity contribution in [1.29, 1.82) is 0 Å². The summed E-state index contributed by atoms with van der Waals surface area (Å²) in [7, 11) is 0. The van der Waals surface area contributed by atoms with Crippen LogP contribution < -0.4 is 5.32 Å². The quantitative estimate of drug-likeness (QED) is 0.716. The first-order chi connectivity index (χ1) is 6.72. The molecule has 1 aromatic rings. The zero-order chi connectivity index (χ0) is 9.76. The largest absolute Gasteiger partial charge is 0.316 e. The van der Waals surface area contributed by atoms with Crippen LogP contribution in [0.5, 0.6) is 0 Å². The Kier molecular flexibility index (Phi) is 1.55. The van der Waals surface area contributed by atoms with Crippen LogP contribution in [0.2, 0.25) is 0 Å². The van der Waals surface area contributed by atoms with E-state index in [1.54, 1.807) is 6.07 Å². The minimum absolute atomic E-state index is 0.0174. The molecule has 1 aliphatic carbocycles. The number of nitrogens with one attached hydrogen (secondary N) is 1. The summed E-state index contributed by atoms with van der Waals surface area (Å²) in [6.07, 6.45) is 1.17. The highest BCUT2D eigenvalue weighted by Gasteiger charge is 2.58. The fraction of sp³-hybridized carbons (Fsp3) is 0.500. The molecule has 1 aromatic carbocycles. The fourth-order valence-electron chi connectivity index (χ4n) is 2.78. The van der Waals surface area contributed by atoms with Crippen LogP contribution >= 0.6 is 0 Å². The van der Waals surface area contributed by atoms with Crippen molar-refractivity contribution >= 4 is 0 Å². The first-order valence-corrected chi connectivity index (χ1v) is 5.20. The standard InChI is InChI=1S/C12H14FN/c1-8-2-3-10(11(13)4-8)12-5-9(12)6-14-7-12/h2-4,9,14H,5-7H2,1H3/t9-,12-/m0/s1. The van der Waals surface area contributed by atoms with Gasteiger partial charge in [-0.25, -0.2) is 4.39 Å². The minimum Gasteiger partial charge on any atom is -0.316 e. The van der Waals surface area contributed by atoms with E-state index in [0.29, 0.717) is 5.92 Å². The molecule has 14 heavy (non-hydrogen) atoms. The second-order valence-corrected chi connectivity index (χ2v) is 4.67. The van der Waals surface area contributed by atoms with Gasteiger partial charge in [0.2, 0.25) is 0 Å². The Bertz CT molecular complexity index is 388. The van der Waals surface area contributed by atoms with E-state index in [0.717, 1.165) is 24.2 Å². The molecule has 0 bridgehead atoms. The van der Waals surface area contributed by atoms with Gasteiger partial charge in [-0.15, -0.1) is 0 Å².